The molecule has 0 spiro atoms. The van der Waals surface area contributed by atoms with Gasteiger partial charge in [-0.15, -0.1) is 0 Å². The monoisotopic (exact) mass is 214 g/mol. The van der Waals surface area contributed by atoms with E-state index in [9.17, 15) is 0 Å². The highest BCUT2D eigenvalue weighted by molar-refractivity contribution is 5.77. The van der Waals surface area contributed by atoms with E-state index in [1.54, 1.807) is 0 Å². The molecule has 0 saturated heterocycles. The van der Waals surface area contributed by atoms with Gasteiger partial charge in [0.25, 0.3) is 0 Å². The van der Waals surface area contributed by atoms with Crippen LogP contribution in [0.4, 0.5) is 0 Å². The van der Waals surface area contributed by atoms with Gasteiger partial charge in [-0.05, 0) is 40.4 Å². The zero-order valence-corrected chi connectivity index (χ0v) is 10.7. The molecule has 0 aliphatic rings. The highest BCUT2D eigenvalue weighted by Crippen LogP contribution is 1.93. The molecule has 0 amide bonds. The molecule has 4 nitrogen and oxygen atoms in total. The molecule has 0 aliphatic heterocycles. The lowest BCUT2D eigenvalue weighted by molar-refractivity contribution is 0.352. The largest absolute Gasteiger partial charge is 0.370 e. The van der Waals surface area contributed by atoms with Crippen LogP contribution in [-0.4, -0.2) is 56.0 Å². The van der Waals surface area contributed by atoms with Gasteiger partial charge in [-0.25, -0.2) is 0 Å². The molecule has 0 aromatic rings. The molecule has 0 saturated carbocycles. The molecule has 0 aliphatic carbocycles. The van der Waals surface area contributed by atoms with Gasteiger partial charge >= 0.3 is 0 Å². The lowest BCUT2D eigenvalue weighted by atomic mass is 10.3. The van der Waals surface area contributed by atoms with Gasteiger partial charge < -0.3 is 15.5 Å². The Hall–Kier alpha value is -0.770. The van der Waals surface area contributed by atoms with Crippen LogP contribution in [0, 0.1) is 0 Å². The molecule has 0 aromatic carbocycles. The first-order valence-corrected chi connectivity index (χ1v) is 5.81. The van der Waals surface area contributed by atoms with Crippen molar-refractivity contribution in [2.45, 2.75) is 26.7 Å². The van der Waals surface area contributed by atoms with E-state index in [-0.39, 0.29) is 0 Å². The second kappa shape index (κ2) is 8.53. The number of hydrogen-bond acceptors (Lipinski definition) is 2. The van der Waals surface area contributed by atoms with Crippen LogP contribution in [0.1, 0.15) is 26.7 Å². The molecule has 0 aromatic heterocycles. The van der Waals surface area contributed by atoms with E-state index in [2.05, 4.69) is 42.7 Å². The molecular formula is C11H26N4. The summed E-state index contributed by atoms with van der Waals surface area (Å²) in [4.78, 5) is 8.64. The van der Waals surface area contributed by atoms with Gasteiger partial charge in [0.1, 0.15) is 0 Å². The number of nitrogens with two attached hydrogens (primary N) is 1. The zero-order chi connectivity index (χ0) is 11.7. The third-order valence-corrected chi connectivity index (χ3v) is 2.24. The molecule has 0 heterocycles. The summed E-state index contributed by atoms with van der Waals surface area (Å²) in [6.07, 6.45) is 2.18. The van der Waals surface area contributed by atoms with Crippen molar-refractivity contribution in [2.75, 3.05) is 40.3 Å². The van der Waals surface area contributed by atoms with E-state index in [4.69, 9.17) is 5.73 Å². The molecule has 0 radical (unpaired) electrons. The van der Waals surface area contributed by atoms with Gasteiger partial charge in [0.15, 0.2) is 5.96 Å². The summed E-state index contributed by atoms with van der Waals surface area (Å²) in [6, 6.07) is 0. The third kappa shape index (κ3) is 7.19. The van der Waals surface area contributed by atoms with Crippen LogP contribution in [-0.2, 0) is 0 Å². The highest BCUT2D eigenvalue weighted by atomic mass is 15.2. The molecule has 0 unspecified atom stereocenters. The lowest BCUT2D eigenvalue weighted by Gasteiger charge is -2.22. The van der Waals surface area contributed by atoms with Gasteiger partial charge in [0.2, 0.25) is 0 Å². The number of hydrogen-bond donors (Lipinski definition) is 1. The molecule has 0 rings (SSSR count). The standard InChI is InChI=1S/C11H26N4/c1-5-8-13-11(12)15(6-2)10-7-9-14(3)4/h5-10H2,1-4H3,(H2,12,13). The quantitative estimate of drug-likeness (QED) is 0.507. The third-order valence-electron chi connectivity index (χ3n) is 2.24. The van der Waals surface area contributed by atoms with Crippen molar-refractivity contribution in [3.8, 4) is 0 Å². The number of rotatable bonds is 7. The summed E-state index contributed by atoms with van der Waals surface area (Å²) in [6.45, 7) is 8.08. The van der Waals surface area contributed by atoms with Gasteiger partial charge in [-0.2, -0.15) is 0 Å². The number of guanidine groups is 1. The first kappa shape index (κ1) is 14.2. The first-order chi connectivity index (χ1) is 7.11. The van der Waals surface area contributed by atoms with Gasteiger partial charge in [0, 0.05) is 19.6 Å². The summed E-state index contributed by atoms with van der Waals surface area (Å²) >= 11 is 0. The van der Waals surface area contributed by atoms with Crippen molar-refractivity contribution in [3.63, 3.8) is 0 Å². The van der Waals surface area contributed by atoms with Crippen molar-refractivity contribution in [3.05, 3.63) is 0 Å². The van der Waals surface area contributed by atoms with Crippen LogP contribution in [0.15, 0.2) is 4.99 Å². The molecular weight excluding hydrogens is 188 g/mol. The van der Waals surface area contributed by atoms with Gasteiger partial charge in [0.05, 0.1) is 0 Å². The molecule has 0 fully saturated rings. The minimum Gasteiger partial charge on any atom is -0.370 e. The predicted molar refractivity (Wildman–Crippen MR) is 67.2 cm³/mol. The van der Waals surface area contributed by atoms with Crippen LogP contribution >= 0.6 is 0 Å². The Balaban J connectivity index is 3.90. The Morgan fingerprint density at radius 2 is 1.87 bits per heavy atom. The van der Waals surface area contributed by atoms with Crippen LogP contribution in [0.25, 0.3) is 0 Å². The van der Waals surface area contributed by atoms with Crippen molar-refractivity contribution >= 4 is 5.96 Å². The Kier molecular flexibility index (Phi) is 8.09. The Labute approximate surface area is 94.1 Å². The van der Waals surface area contributed by atoms with Gasteiger partial charge in [-0.3, -0.25) is 4.99 Å². The number of aliphatic imine (C=N–C) groups is 1. The summed E-state index contributed by atoms with van der Waals surface area (Å²) in [5, 5.41) is 0. The summed E-state index contributed by atoms with van der Waals surface area (Å²) in [7, 11) is 4.18. The smallest absolute Gasteiger partial charge is 0.191 e. The topological polar surface area (TPSA) is 44.9 Å². The second-order valence-electron chi connectivity index (χ2n) is 3.98. The van der Waals surface area contributed by atoms with E-state index < -0.39 is 0 Å². The van der Waals surface area contributed by atoms with E-state index in [1.165, 1.54) is 0 Å². The van der Waals surface area contributed by atoms with E-state index in [0.29, 0.717) is 5.96 Å². The predicted octanol–water partition coefficient (Wildman–Crippen LogP) is 0.985. The summed E-state index contributed by atoms with van der Waals surface area (Å²) in [5.41, 5.74) is 5.89. The normalized spacial score (nSPS) is 12.2. The van der Waals surface area contributed by atoms with Crippen LogP contribution < -0.4 is 5.73 Å². The van der Waals surface area contributed by atoms with Crippen molar-refractivity contribution < 1.29 is 0 Å². The maximum absolute atomic E-state index is 5.89. The summed E-state index contributed by atoms with van der Waals surface area (Å²) in [5.74, 6) is 0.693. The Morgan fingerprint density at radius 1 is 1.20 bits per heavy atom. The molecule has 15 heavy (non-hydrogen) atoms. The van der Waals surface area contributed by atoms with Crippen molar-refractivity contribution in [2.24, 2.45) is 10.7 Å². The average Bonchev–Trinajstić information content (AvgIpc) is 2.20. The van der Waals surface area contributed by atoms with E-state index in [0.717, 1.165) is 39.0 Å². The maximum atomic E-state index is 5.89. The summed E-state index contributed by atoms with van der Waals surface area (Å²) < 4.78 is 0. The van der Waals surface area contributed by atoms with Crippen LogP contribution in [0.5, 0.6) is 0 Å². The Morgan fingerprint density at radius 3 is 2.33 bits per heavy atom. The van der Waals surface area contributed by atoms with Crippen LogP contribution in [0.3, 0.4) is 0 Å². The molecule has 90 valence electrons. The highest BCUT2D eigenvalue weighted by Gasteiger charge is 2.04. The fraction of sp³-hybridized carbons (Fsp3) is 0.909. The molecule has 2 N–H and O–H groups in total. The lowest BCUT2D eigenvalue weighted by Crippen LogP contribution is -2.38. The van der Waals surface area contributed by atoms with Gasteiger partial charge in [-0.1, -0.05) is 6.92 Å². The minimum absolute atomic E-state index is 0.693. The average molecular weight is 214 g/mol. The van der Waals surface area contributed by atoms with Crippen molar-refractivity contribution in [1.82, 2.24) is 9.80 Å². The van der Waals surface area contributed by atoms with E-state index >= 15 is 0 Å². The fourth-order valence-corrected chi connectivity index (χ4v) is 1.34. The van der Waals surface area contributed by atoms with E-state index in [1.807, 2.05) is 0 Å². The Bertz CT molecular complexity index is 177. The van der Waals surface area contributed by atoms with Crippen LogP contribution in [0.2, 0.25) is 0 Å². The maximum Gasteiger partial charge on any atom is 0.191 e. The van der Waals surface area contributed by atoms with Crippen molar-refractivity contribution in [1.29, 1.82) is 0 Å². The zero-order valence-electron chi connectivity index (χ0n) is 10.7. The molecule has 0 bridgehead atoms. The second-order valence-corrected chi connectivity index (χ2v) is 3.98. The number of nitrogens with zero attached hydrogens (tertiary/aromatic N) is 3. The minimum atomic E-state index is 0.693. The fourth-order valence-electron chi connectivity index (χ4n) is 1.34. The molecule has 0 atom stereocenters. The molecule has 4 heteroatoms. The SMILES string of the molecule is CCCN=C(N)N(CC)CCCN(C)C. The first-order valence-electron chi connectivity index (χ1n) is 5.81.